The summed E-state index contributed by atoms with van der Waals surface area (Å²) in [5, 5.41) is 9.34. The first-order chi connectivity index (χ1) is 4.20. The molecule has 0 saturated heterocycles. The number of phenolic OH excluding ortho intramolecular Hbond substituents is 1. The fraction of sp³-hybridized carbons (Fsp3) is 0. The average molecular weight is 206 g/mol. The van der Waals surface area contributed by atoms with Crippen molar-refractivity contribution in [2.75, 3.05) is 0 Å². The van der Waals surface area contributed by atoms with Gasteiger partial charge in [0.1, 0.15) is 5.75 Å². The van der Waals surface area contributed by atoms with Crippen LogP contribution in [0.15, 0.2) is 16.6 Å². The fourth-order valence-electron chi connectivity index (χ4n) is 0.439. The average Bonchev–Trinajstić information content (AvgIpc) is 1.80. The highest BCUT2D eigenvalue weighted by atomic mass is 79.9. The van der Waals surface area contributed by atoms with Crippen molar-refractivity contribution in [2.45, 2.75) is 0 Å². The van der Waals surface area contributed by atoms with Gasteiger partial charge in [0.25, 0.3) is 0 Å². The molecule has 0 saturated carbocycles. The minimum Gasteiger partial charge on any atom is -0.507 e. The Morgan fingerprint density at radius 2 is 2.22 bits per heavy atom. The molecule has 0 aliphatic heterocycles. The number of hydrogen-bond acceptors (Lipinski definition) is 1. The Morgan fingerprint density at radius 1 is 1.56 bits per heavy atom. The lowest BCUT2D eigenvalue weighted by molar-refractivity contribution is 0.474. The van der Waals surface area contributed by atoms with Crippen LogP contribution in [-0.2, 0) is 0 Å². The molecule has 0 heterocycles. The first kappa shape index (κ1) is 6.90. The Kier molecular flexibility index (Phi) is 1.98. The van der Waals surface area contributed by atoms with Crippen LogP contribution in [0.2, 0.25) is 5.02 Å². The van der Waals surface area contributed by atoms with Gasteiger partial charge in [-0.1, -0.05) is 11.6 Å². The van der Waals surface area contributed by atoms with Crippen LogP contribution in [0.4, 0.5) is 0 Å². The third-order valence-electron chi connectivity index (χ3n) is 0.835. The molecule has 0 spiro atoms. The summed E-state index contributed by atoms with van der Waals surface area (Å²) in [6.07, 6.45) is 0. The summed E-state index contributed by atoms with van der Waals surface area (Å²) in [6, 6.07) is 5.65. The van der Waals surface area contributed by atoms with Crippen LogP contribution in [0, 0.1) is 6.07 Å². The van der Waals surface area contributed by atoms with Gasteiger partial charge in [-0.3, -0.25) is 0 Å². The zero-order valence-electron chi connectivity index (χ0n) is 4.36. The molecule has 1 radical (unpaired) electrons. The lowest BCUT2D eigenvalue weighted by atomic mass is 10.3. The second-order valence-corrected chi connectivity index (χ2v) is 2.71. The highest BCUT2D eigenvalue weighted by Crippen LogP contribution is 2.24. The quantitative estimate of drug-likeness (QED) is 0.692. The van der Waals surface area contributed by atoms with E-state index in [9.17, 15) is 0 Å². The first-order valence-electron chi connectivity index (χ1n) is 2.26. The Balaban J connectivity index is 3.17. The number of aromatic hydroxyl groups is 1. The van der Waals surface area contributed by atoms with Crippen molar-refractivity contribution in [1.29, 1.82) is 0 Å². The molecule has 47 valence electrons. The number of benzene rings is 1. The normalized spacial score (nSPS) is 9.56. The lowest BCUT2D eigenvalue weighted by Crippen LogP contribution is -1.67. The van der Waals surface area contributed by atoms with E-state index in [1.807, 2.05) is 0 Å². The minimum atomic E-state index is 0.0891. The summed E-state index contributed by atoms with van der Waals surface area (Å²) in [6.45, 7) is 0. The van der Waals surface area contributed by atoms with Gasteiger partial charge in [-0.15, -0.1) is 0 Å². The predicted molar refractivity (Wildman–Crippen MR) is 39.7 cm³/mol. The van der Waals surface area contributed by atoms with Gasteiger partial charge in [0.15, 0.2) is 0 Å². The molecule has 0 atom stereocenters. The van der Waals surface area contributed by atoms with Crippen LogP contribution in [0.3, 0.4) is 0 Å². The standard InChI is InChI=1S/C6H3BrClO/c7-5-3-4(9)1-2-6(5)8/h1-2,9H. The van der Waals surface area contributed by atoms with Gasteiger partial charge in [0.05, 0.1) is 5.02 Å². The van der Waals surface area contributed by atoms with Crippen LogP contribution in [-0.4, -0.2) is 5.11 Å². The van der Waals surface area contributed by atoms with Crippen molar-refractivity contribution in [3.05, 3.63) is 27.7 Å². The van der Waals surface area contributed by atoms with Gasteiger partial charge in [-0.2, -0.15) is 0 Å². The molecule has 0 amide bonds. The van der Waals surface area contributed by atoms with Gasteiger partial charge < -0.3 is 5.11 Å². The van der Waals surface area contributed by atoms with Crippen molar-refractivity contribution >= 4 is 27.5 Å². The van der Waals surface area contributed by atoms with Gasteiger partial charge in [0, 0.05) is 10.5 Å². The smallest absolute Gasteiger partial charge is 0.124 e. The summed E-state index contributed by atoms with van der Waals surface area (Å²) >= 11 is 8.69. The molecule has 1 N–H and O–H groups in total. The highest BCUT2D eigenvalue weighted by molar-refractivity contribution is 9.10. The second-order valence-electron chi connectivity index (χ2n) is 1.51. The molecule has 1 aromatic rings. The highest BCUT2D eigenvalue weighted by Gasteiger charge is 1.95. The molecule has 0 fully saturated rings. The third-order valence-corrected chi connectivity index (χ3v) is 2.00. The van der Waals surface area contributed by atoms with E-state index in [1.165, 1.54) is 6.07 Å². The maximum absolute atomic E-state index is 8.79. The van der Waals surface area contributed by atoms with Gasteiger partial charge in [-0.05, 0) is 28.1 Å². The summed E-state index contributed by atoms with van der Waals surface area (Å²) < 4.78 is 0.587. The molecular weight excluding hydrogens is 203 g/mol. The monoisotopic (exact) mass is 205 g/mol. The maximum Gasteiger partial charge on any atom is 0.124 e. The van der Waals surface area contributed by atoms with Crippen LogP contribution >= 0.6 is 27.5 Å². The molecule has 0 aliphatic rings. The molecule has 9 heavy (non-hydrogen) atoms. The van der Waals surface area contributed by atoms with E-state index in [0.717, 1.165) is 0 Å². The van der Waals surface area contributed by atoms with Gasteiger partial charge >= 0.3 is 0 Å². The summed E-state index contributed by atoms with van der Waals surface area (Å²) in [7, 11) is 0. The van der Waals surface area contributed by atoms with E-state index in [4.69, 9.17) is 16.7 Å². The third kappa shape index (κ3) is 1.60. The van der Waals surface area contributed by atoms with E-state index in [2.05, 4.69) is 22.0 Å². The zero-order valence-corrected chi connectivity index (χ0v) is 6.70. The second kappa shape index (κ2) is 2.58. The summed E-state index contributed by atoms with van der Waals surface area (Å²) in [4.78, 5) is 0. The van der Waals surface area contributed by atoms with E-state index >= 15 is 0 Å². The summed E-state index contributed by atoms with van der Waals surface area (Å²) in [5.74, 6) is 0.0891. The van der Waals surface area contributed by atoms with Gasteiger partial charge in [-0.25, -0.2) is 0 Å². The predicted octanol–water partition coefficient (Wildman–Crippen LogP) is 2.61. The molecule has 3 heteroatoms. The Hall–Kier alpha value is -0.210. The van der Waals surface area contributed by atoms with E-state index < -0.39 is 0 Å². The Bertz CT molecular complexity index is 224. The van der Waals surface area contributed by atoms with Crippen molar-refractivity contribution in [2.24, 2.45) is 0 Å². The zero-order chi connectivity index (χ0) is 6.85. The molecule has 0 aromatic heterocycles. The van der Waals surface area contributed by atoms with E-state index in [-0.39, 0.29) is 5.75 Å². The van der Waals surface area contributed by atoms with Gasteiger partial charge in [0.2, 0.25) is 0 Å². The Morgan fingerprint density at radius 3 is 2.67 bits per heavy atom. The van der Waals surface area contributed by atoms with Crippen molar-refractivity contribution in [3.8, 4) is 5.75 Å². The van der Waals surface area contributed by atoms with Crippen molar-refractivity contribution < 1.29 is 5.11 Å². The van der Waals surface area contributed by atoms with E-state index in [1.54, 1.807) is 6.07 Å². The largest absolute Gasteiger partial charge is 0.507 e. The van der Waals surface area contributed by atoms with Crippen LogP contribution in [0.25, 0.3) is 0 Å². The van der Waals surface area contributed by atoms with Crippen LogP contribution in [0.5, 0.6) is 5.75 Å². The van der Waals surface area contributed by atoms with Crippen LogP contribution < -0.4 is 0 Å². The fourth-order valence-corrected chi connectivity index (χ4v) is 0.885. The summed E-state index contributed by atoms with van der Waals surface area (Å²) in [5.41, 5.74) is 0. The Labute approximate surface area is 66.4 Å². The topological polar surface area (TPSA) is 20.2 Å². The number of phenols is 1. The minimum absolute atomic E-state index is 0.0891. The van der Waals surface area contributed by atoms with E-state index in [0.29, 0.717) is 9.50 Å². The molecule has 0 unspecified atom stereocenters. The first-order valence-corrected chi connectivity index (χ1v) is 3.43. The molecule has 1 nitrogen and oxygen atoms in total. The molecule has 1 rings (SSSR count). The number of halogens is 2. The molecule has 0 bridgehead atoms. The van der Waals surface area contributed by atoms with Crippen molar-refractivity contribution in [1.82, 2.24) is 0 Å². The van der Waals surface area contributed by atoms with Crippen molar-refractivity contribution in [3.63, 3.8) is 0 Å². The maximum atomic E-state index is 8.79. The SMILES string of the molecule is Oc1[c]c(Br)c(Cl)cc1. The number of rotatable bonds is 0. The van der Waals surface area contributed by atoms with Crippen LogP contribution in [0.1, 0.15) is 0 Å². The molecular formula is C6H3BrClO. The molecule has 0 aliphatic carbocycles. The lowest BCUT2D eigenvalue weighted by Gasteiger charge is -1.92. The molecule has 1 aromatic carbocycles. The number of hydrogen-bond donors (Lipinski definition) is 1.